The molecule has 0 aliphatic rings. The van der Waals surface area contributed by atoms with Gasteiger partial charge in [0.15, 0.2) is 4.67 Å². The maximum Gasteiger partial charge on any atom is 0.371 e. The maximum absolute atomic E-state index is 12.6. The number of aromatic carboxylic acids is 1. The molecule has 9 heteroatoms. The number of carboxylic acid groups (broad SMARTS) is 1. The number of furan rings is 1. The molecule has 1 aromatic rings. The predicted molar refractivity (Wildman–Crippen MR) is 77.2 cm³/mol. The summed E-state index contributed by atoms with van der Waals surface area (Å²) in [5.41, 5.74) is 0. The number of carbonyl (C=O) groups is 1. The van der Waals surface area contributed by atoms with Crippen LogP contribution in [0.4, 0.5) is 0 Å². The molecule has 1 aromatic heterocycles. The van der Waals surface area contributed by atoms with Crippen molar-refractivity contribution in [1.82, 2.24) is 4.31 Å². The van der Waals surface area contributed by atoms with E-state index in [-0.39, 0.29) is 35.0 Å². The van der Waals surface area contributed by atoms with Gasteiger partial charge in [-0.25, -0.2) is 13.2 Å². The van der Waals surface area contributed by atoms with Crippen LogP contribution < -0.4 is 0 Å². The molecule has 0 aromatic carbocycles. The first-order valence-corrected chi connectivity index (χ1v) is 8.33. The molecule has 1 rings (SSSR count). The van der Waals surface area contributed by atoms with Crippen LogP contribution in [-0.2, 0) is 10.0 Å². The second-order valence-corrected chi connectivity index (χ2v) is 7.35. The van der Waals surface area contributed by atoms with Crippen LogP contribution >= 0.6 is 15.9 Å². The minimum absolute atomic E-state index is 0.0387. The minimum Gasteiger partial charge on any atom is -0.475 e. The Morgan fingerprint density at radius 2 is 2.19 bits per heavy atom. The van der Waals surface area contributed by atoms with Gasteiger partial charge in [-0.3, -0.25) is 0 Å². The van der Waals surface area contributed by atoms with Crippen LogP contribution in [-0.4, -0.2) is 36.9 Å². The van der Waals surface area contributed by atoms with Gasteiger partial charge in [-0.2, -0.15) is 9.57 Å². The number of sulfonamides is 1. The number of halogens is 1. The lowest BCUT2D eigenvalue weighted by molar-refractivity contribution is 0.0661. The molecule has 0 aliphatic carbocycles. The molecule has 0 aliphatic heterocycles. The zero-order chi connectivity index (χ0) is 16.2. The molecule has 0 radical (unpaired) electrons. The molecular weight excluding hydrogens is 364 g/mol. The van der Waals surface area contributed by atoms with E-state index in [2.05, 4.69) is 15.9 Å². The van der Waals surface area contributed by atoms with E-state index >= 15 is 0 Å². The summed E-state index contributed by atoms with van der Waals surface area (Å²) in [6.07, 6.45) is 0.0488. The molecule has 0 unspecified atom stereocenters. The second kappa shape index (κ2) is 7.06. The number of carboxylic acids is 1. The average Bonchev–Trinajstić information content (AvgIpc) is 2.77. The van der Waals surface area contributed by atoms with Crippen LogP contribution in [0.3, 0.4) is 0 Å². The number of nitriles is 1. The highest BCUT2D eigenvalue weighted by molar-refractivity contribution is 9.10. The van der Waals surface area contributed by atoms with Crippen molar-refractivity contribution in [3.63, 3.8) is 0 Å². The van der Waals surface area contributed by atoms with Crippen LogP contribution in [0.25, 0.3) is 0 Å². The van der Waals surface area contributed by atoms with Gasteiger partial charge in [-0.05, 0) is 21.8 Å². The van der Waals surface area contributed by atoms with Crippen molar-refractivity contribution >= 4 is 31.9 Å². The standard InChI is InChI=1S/C12H15BrN2O5S/c1-8(2)7-15(5-3-4-14)21(18,19)10-6-9(12(16)17)20-11(10)13/h6,8H,3,5,7H2,1-2H3,(H,16,17). The zero-order valence-electron chi connectivity index (χ0n) is 11.5. The first-order chi connectivity index (χ1) is 9.70. The van der Waals surface area contributed by atoms with E-state index < -0.39 is 21.8 Å². The van der Waals surface area contributed by atoms with Gasteiger partial charge in [-0.15, -0.1) is 0 Å². The average molecular weight is 379 g/mol. The summed E-state index contributed by atoms with van der Waals surface area (Å²) in [5, 5.41) is 17.5. The molecule has 0 amide bonds. The van der Waals surface area contributed by atoms with Gasteiger partial charge in [0, 0.05) is 25.6 Å². The first kappa shape index (κ1) is 17.7. The normalized spacial score (nSPS) is 11.8. The summed E-state index contributed by atoms with van der Waals surface area (Å²) < 4.78 is 31.0. The summed E-state index contributed by atoms with van der Waals surface area (Å²) in [4.78, 5) is 10.6. The monoisotopic (exact) mass is 378 g/mol. The lowest BCUT2D eigenvalue weighted by Gasteiger charge is -2.22. The van der Waals surface area contributed by atoms with Crippen LogP contribution in [0.1, 0.15) is 30.8 Å². The van der Waals surface area contributed by atoms with Crippen molar-refractivity contribution in [2.45, 2.75) is 25.2 Å². The SMILES string of the molecule is CC(C)CN(CCC#N)S(=O)(=O)c1cc(C(=O)O)oc1Br. The largest absolute Gasteiger partial charge is 0.475 e. The number of rotatable bonds is 7. The Labute approximate surface area is 131 Å². The Morgan fingerprint density at radius 3 is 2.62 bits per heavy atom. The van der Waals surface area contributed by atoms with Crippen molar-refractivity contribution in [2.75, 3.05) is 13.1 Å². The van der Waals surface area contributed by atoms with E-state index in [1.165, 1.54) is 0 Å². The molecular formula is C12H15BrN2O5S. The maximum atomic E-state index is 12.6. The molecule has 0 spiro atoms. The topological polar surface area (TPSA) is 112 Å². The third kappa shape index (κ3) is 4.30. The summed E-state index contributed by atoms with van der Waals surface area (Å²) >= 11 is 2.92. The smallest absolute Gasteiger partial charge is 0.371 e. The quantitative estimate of drug-likeness (QED) is 0.778. The molecule has 0 saturated heterocycles. The van der Waals surface area contributed by atoms with Crippen molar-refractivity contribution in [2.24, 2.45) is 5.92 Å². The van der Waals surface area contributed by atoms with Gasteiger partial charge in [0.1, 0.15) is 4.90 Å². The first-order valence-electron chi connectivity index (χ1n) is 6.09. The van der Waals surface area contributed by atoms with Gasteiger partial charge in [0.05, 0.1) is 6.07 Å². The summed E-state index contributed by atoms with van der Waals surface area (Å²) in [6, 6.07) is 2.86. The van der Waals surface area contributed by atoms with Crippen molar-refractivity contribution in [1.29, 1.82) is 5.26 Å². The molecule has 1 N–H and O–H groups in total. The van der Waals surface area contributed by atoms with Crippen LogP contribution in [0.5, 0.6) is 0 Å². The Morgan fingerprint density at radius 1 is 1.57 bits per heavy atom. The highest BCUT2D eigenvalue weighted by atomic mass is 79.9. The fraction of sp³-hybridized carbons (Fsp3) is 0.500. The lowest BCUT2D eigenvalue weighted by Crippen LogP contribution is -2.35. The molecule has 7 nitrogen and oxygen atoms in total. The molecule has 0 bridgehead atoms. The van der Waals surface area contributed by atoms with Gasteiger partial charge in [0.25, 0.3) is 0 Å². The summed E-state index contributed by atoms with van der Waals surface area (Å²) in [6.45, 7) is 3.96. The molecule has 21 heavy (non-hydrogen) atoms. The molecule has 0 fully saturated rings. The van der Waals surface area contributed by atoms with E-state index in [0.29, 0.717) is 0 Å². The van der Waals surface area contributed by atoms with Crippen molar-refractivity contribution < 1.29 is 22.7 Å². The Bertz CT molecular complexity index is 660. The van der Waals surface area contributed by atoms with Gasteiger partial charge in [0.2, 0.25) is 15.8 Å². The lowest BCUT2D eigenvalue weighted by atomic mass is 10.2. The third-order valence-electron chi connectivity index (χ3n) is 2.53. The highest BCUT2D eigenvalue weighted by Crippen LogP contribution is 2.29. The number of hydrogen-bond donors (Lipinski definition) is 1. The molecule has 116 valence electrons. The molecule has 0 saturated carbocycles. The summed E-state index contributed by atoms with van der Waals surface area (Å²) in [7, 11) is -3.93. The van der Waals surface area contributed by atoms with Crippen LogP contribution in [0.2, 0.25) is 0 Å². The van der Waals surface area contributed by atoms with Gasteiger partial charge < -0.3 is 9.52 Å². The Kier molecular flexibility index (Phi) is 5.95. The van der Waals surface area contributed by atoms with Gasteiger partial charge >= 0.3 is 5.97 Å². The Hall–Kier alpha value is -1.37. The Balaban J connectivity index is 3.22. The van der Waals surface area contributed by atoms with Crippen molar-refractivity contribution in [3.8, 4) is 6.07 Å². The van der Waals surface area contributed by atoms with Crippen molar-refractivity contribution in [3.05, 3.63) is 16.5 Å². The summed E-state index contributed by atoms with van der Waals surface area (Å²) in [5.74, 6) is -1.77. The minimum atomic E-state index is -3.93. The van der Waals surface area contributed by atoms with Crippen LogP contribution in [0, 0.1) is 17.2 Å². The van der Waals surface area contributed by atoms with Gasteiger partial charge in [-0.1, -0.05) is 13.8 Å². The third-order valence-corrected chi connectivity index (χ3v) is 5.25. The highest BCUT2D eigenvalue weighted by Gasteiger charge is 2.31. The molecule has 1 heterocycles. The number of nitrogens with zero attached hydrogens (tertiary/aromatic N) is 2. The van der Waals surface area contributed by atoms with E-state index in [4.69, 9.17) is 14.8 Å². The van der Waals surface area contributed by atoms with E-state index in [1.54, 1.807) is 0 Å². The fourth-order valence-corrected chi connectivity index (χ4v) is 4.17. The zero-order valence-corrected chi connectivity index (χ0v) is 13.9. The number of hydrogen-bond acceptors (Lipinski definition) is 5. The predicted octanol–water partition coefficient (Wildman–Crippen LogP) is 2.30. The fourth-order valence-electron chi connectivity index (χ4n) is 1.66. The van der Waals surface area contributed by atoms with Crippen LogP contribution in [0.15, 0.2) is 20.0 Å². The second-order valence-electron chi connectivity index (χ2n) is 4.72. The van der Waals surface area contributed by atoms with E-state index in [9.17, 15) is 13.2 Å². The van der Waals surface area contributed by atoms with E-state index in [0.717, 1.165) is 10.4 Å². The molecule has 0 atom stereocenters. The van der Waals surface area contributed by atoms with E-state index in [1.807, 2.05) is 19.9 Å².